The van der Waals surface area contributed by atoms with E-state index in [2.05, 4.69) is 15.6 Å². The summed E-state index contributed by atoms with van der Waals surface area (Å²) in [6.45, 7) is 6.03. The summed E-state index contributed by atoms with van der Waals surface area (Å²) in [6.07, 6.45) is 0. The molecular weight excluding hydrogens is 342 g/mol. The van der Waals surface area contributed by atoms with Crippen molar-refractivity contribution in [2.75, 3.05) is 11.9 Å². The molecule has 0 aliphatic carbocycles. The minimum absolute atomic E-state index is 0.180. The average molecular weight is 365 g/mol. The van der Waals surface area contributed by atoms with Gasteiger partial charge in [0.2, 0.25) is 0 Å². The monoisotopic (exact) mass is 365 g/mol. The predicted molar refractivity (Wildman–Crippen MR) is 107 cm³/mol. The highest BCUT2D eigenvalue weighted by Gasteiger charge is 2.17. The molecule has 1 heterocycles. The van der Waals surface area contributed by atoms with Gasteiger partial charge in [0.25, 0.3) is 5.56 Å². The van der Waals surface area contributed by atoms with Crippen molar-refractivity contribution in [1.82, 2.24) is 14.9 Å². The van der Waals surface area contributed by atoms with Crippen LogP contribution in [0.3, 0.4) is 0 Å². The number of urea groups is 1. The van der Waals surface area contributed by atoms with Gasteiger partial charge < -0.3 is 16.4 Å². The summed E-state index contributed by atoms with van der Waals surface area (Å²) >= 11 is 0. The lowest BCUT2D eigenvalue weighted by Crippen LogP contribution is -2.29. The van der Waals surface area contributed by atoms with E-state index >= 15 is 0 Å². The fourth-order valence-corrected chi connectivity index (χ4v) is 3.03. The standard InChI is InChI=1S/C20H23N5O2/c1-4-22-20(27)23-14-8-6-9-15(11-14)25-18(13(3)21)24-16-10-5-7-12(2)17(16)19(25)26/h5-11,13H,4,21H2,1-3H3,(H2,22,23,27). The molecule has 0 radical (unpaired) electrons. The number of carbonyl (C=O) groups excluding carboxylic acids is 1. The van der Waals surface area contributed by atoms with Crippen LogP contribution < -0.4 is 21.9 Å². The molecule has 3 rings (SSSR count). The highest BCUT2D eigenvalue weighted by molar-refractivity contribution is 5.89. The van der Waals surface area contributed by atoms with Crippen LogP contribution in [0.5, 0.6) is 0 Å². The zero-order valence-corrected chi connectivity index (χ0v) is 15.6. The minimum Gasteiger partial charge on any atom is -0.338 e. The lowest BCUT2D eigenvalue weighted by atomic mass is 10.1. The Morgan fingerprint density at radius 3 is 2.70 bits per heavy atom. The van der Waals surface area contributed by atoms with Gasteiger partial charge in [-0.15, -0.1) is 0 Å². The number of benzene rings is 2. The number of carbonyl (C=O) groups is 1. The number of fused-ring (bicyclic) bond motifs is 1. The molecule has 2 amide bonds. The normalized spacial score (nSPS) is 12.0. The van der Waals surface area contributed by atoms with E-state index in [9.17, 15) is 9.59 Å². The Hall–Kier alpha value is -3.19. The van der Waals surface area contributed by atoms with Crippen molar-refractivity contribution >= 4 is 22.6 Å². The van der Waals surface area contributed by atoms with Crippen molar-refractivity contribution in [2.45, 2.75) is 26.8 Å². The number of amides is 2. The molecule has 0 aliphatic heterocycles. The Kier molecular flexibility index (Phi) is 5.23. The molecule has 0 fully saturated rings. The molecular formula is C20H23N5O2. The van der Waals surface area contributed by atoms with Crippen LogP contribution in [0, 0.1) is 6.92 Å². The van der Waals surface area contributed by atoms with E-state index < -0.39 is 6.04 Å². The second-order valence-corrected chi connectivity index (χ2v) is 6.40. The van der Waals surface area contributed by atoms with Gasteiger partial charge in [-0.25, -0.2) is 9.78 Å². The third-order valence-electron chi connectivity index (χ3n) is 4.24. The average Bonchev–Trinajstić information content (AvgIpc) is 2.61. The smallest absolute Gasteiger partial charge is 0.319 e. The summed E-state index contributed by atoms with van der Waals surface area (Å²) in [5.41, 5.74) is 8.58. The van der Waals surface area contributed by atoms with E-state index in [0.29, 0.717) is 34.6 Å². The van der Waals surface area contributed by atoms with Gasteiger partial charge in [-0.2, -0.15) is 0 Å². The molecule has 0 aliphatic rings. The Morgan fingerprint density at radius 1 is 1.26 bits per heavy atom. The van der Waals surface area contributed by atoms with Crippen LogP contribution in [-0.2, 0) is 0 Å². The zero-order chi connectivity index (χ0) is 19.6. The SMILES string of the molecule is CCNC(=O)Nc1cccc(-n2c(C(C)N)nc3cccc(C)c3c2=O)c1. The first kappa shape index (κ1) is 18.6. The van der Waals surface area contributed by atoms with Crippen LogP contribution in [0.4, 0.5) is 10.5 Å². The highest BCUT2D eigenvalue weighted by Crippen LogP contribution is 2.20. The number of hydrogen-bond acceptors (Lipinski definition) is 4. The number of hydrogen-bond donors (Lipinski definition) is 3. The Balaban J connectivity index is 2.20. The topological polar surface area (TPSA) is 102 Å². The molecule has 1 aromatic heterocycles. The summed E-state index contributed by atoms with van der Waals surface area (Å²) in [5, 5.41) is 5.99. The molecule has 2 aromatic carbocycles. The van der Waals surface area contributed by atoms with Gasteiger partial charge in [-0.3, -0.25) is 9.36 Å². The van der Waals surface area contributed by atoms with Crippen LogP contribution in [0.1, 0.15) is 31.3 Å². The molecule has 140 valence electrons. The molecule has 7 nitrogen and oxygen atoms in total. The summed E-state index contributed by atoms with van der Waals surface area (Å²) < 4.78 is 1.52. The maximum absolute atomic E-state index is 13.3. The van der Waals surface area contributed by atoms with Gasteiger partial charge in [-0.05, 0) is 50.6 Å². The van der Waals surface area contributed by atoms with Crippen molar-refractivity contribution in [2.24, 2.45) is 5.73 Å². The van der Waals surface area contributed by atoms with Crippen molar-refractivity contribution in [1.29, 1.82) is 0 Å². The van der Waals surface area contributed by atoms with Gasteiger partial charge in [0.05, 0.1) is 22.6 Å². The number of rotatable bonds is 4. The molecule has 1 unspecified atom stereocenters. The van der Waals surface area contributed by atoms with Crippen molar-refractivity contribution < 1.29 is 4.79 Å². The van der Waals surface area contributed by atoms with E-state index in [4.69, 9.17) is 5.73 Å². The first-order chi connectivity index (χ1) is 12.9. The quantitative estimate of drug-likeness (QED) is 0.661. The van der Waals surface area contributed by atoms with Crippen LogP contribution >= 0.6 is 0 Å². The summed E-state index contributed by atoms with van der Waals surface area (Å²) in [4.78, 5) is 29.7. The molecule has 0 saturated carbocycles. The van der Waals surface area contributed by atoms with Crippen LogP contribution in [0.15, 0.2) is 47.3 Å². The minimum atomic E-state index is -0.442. The first-order valence-electron chi connectivity index (χ1n) is 8.85. The maximum Gasteiger partial charge on any atom is 0.319 e. The van der Waals surface area contributed by atoms with E-state index in [1.807, 2.05) is 32.0 Å². The first-order valence-corrected chi connectivity index (χ1v) is 8.85. The summed E-state index contributed by atoms with van der Waals surface area (Å²) in [5.74, 6) is 0.466. The third-order valence-corrected chi connectivity index (χ3v) is 4.24. The Bertz CT molecular complexity index is 1060. The molecule has 7 heteroatoms. The molecule has 3 aromatic rings. The van der Waals surface area contributed by atoms with Gasteiger partial charge >= 0.3 is 6.03 Å². The van der Waals surface area contributed by atoms with E-state index in [1.54, 1.807) is 31.2 Å². The van der Waals surface area contributed by atoms with Crippen molar-refractivity contribution in [3.63, 3.8) is 0 Å². The van der Waals surface area contributed by atoms with Crippen molar-refractivity contribution in [3.05, 3.63) is 64.2 Å². The number of anilines is 1. The van der Waals surface area contributed by atoms with Gasteiger partial charge in [0, 0.05) is 12.2 Å². The largest absolute Gasteiger partial charge is 0.338 e. The van der Waals surface area contributed by atoms with E-state index in [-0.39, 0.29) is 11.6 Å². The fraction of sp³-hybridized carbons (Fsp3) is 0.250. The second-order valence-electron chi connectivity index (χ2n) is 6.40. The predicted octanol–water partition coefficient (Wildman–Crippen LogP) is 2.86. The van der Waals surface area contributed by atoms with Crippen LogP contribution in [-0.4, -0.2) is 22.1 Å². The fourth-order valence-electron chi connectivity index (χ4n) is 3.03. The van der Waals surface area contributed by atoms with Gasteiger partial charge in [0.1, 0.15) is 5.82 Å². The Labute approximate surface area is 157 Å². The molecule has 0 saturated heterocycles. The lowest BCUT2D eigenvalue weighted by Gasteiger charge is -2.17. The lowest BCUT2D eigenvalue weighted by molar-refractivity contribution is 0.252. The maximum atomic E-state index is 13.3. The number of nitrogens with two attached hydrogens (primary N) is 1. The number of aryl methyl sites for hydroxylation is 1. The number of aromatic nitrogens is 2. The third kappa shape index (κ3) is 3.68. The van der Waals surface area contributed by atoms with E-state index in [1.165, 1.54) is 4.57 Å². The molecule has 4 N–H and O–H groups in total. The molecule has 27 heavy (non-hydrogen) atoms. The van der Waals surface area contributed by atoms with E-state index in [0.717, 1.165) is 5.56 Å². The molecule has 1 atom stereocenters. The van der Waals surface area contributed by atoms with Gasteiger partial charge in [0.15, 0.2) is 0 Å². The van der Waals surface area contributed by atoms with Crippen LogP contribution in [0.25, 0.3) is 16.6 Å². The summed E-state index contributed by atoms with van der Waals surface area (Å²) in [7, 11) is 0. The number of nitrogens with zero attached hydrogens (tertiary/aromatic N) is 2. The molecule has 0 spiro atoms. The number of nitrogens with one attached hydrogen (secondary N) is 2. The van der Waals surface area contributed by atoms with Gasteiger partial charge in [-0.1, -0.05) is 18.2 Å². The second kappa shape index (κ2) is 7.59. The Morgan fingerprint density at radius 2 is 2.00 bits per heavy atom. The van der Waals surface area contributed by atoms with Crippen molar-refractivity contribution in [3.8, 4) is 5.69 Å². The zero-order valence-electron chi connectivity index (χ0n) is 15.6. The molecule has 0 bridgehead atoms. The summed E-state index contributed by atoms with van der Waals surface area (Å²) in [6, 6.07) is 11.9. The highest BCUT2D eigenvalue weighted by atomic mass is 16.2. The van der Waals surface area contributed by atoms with Crippen LogP contribution in [0.2, 0.25) is 0 Å².